The Morgan fingerprint density at radius 1 is 1.38 bits per heavy atom. The van der Waals surface area contributed by atoms with Crippen LogP contribution in [0.4, 0.5) is 9.93 Å². The van der Waals surface area contributed by atoms with E-state index in [0.29, 0.717) is 18.2 Å². The van der Waals surface area contributed by atoms with E-state index in [1.165, 1.54) is 22.5 Å². The Morgan fingerprint density at radius 2 is 2.25 bits per heavy atom. The topological polar surface area (TPSA) is 63.1 Å². The first-order chi connectivity index (χ1) is 11.7. The van der Waals surface area contributed by atoms with E-state index in [2.05, 4.69) is 27.5 Å². The molecule has 0 bridgehead atoms. The SMILES string of the molecule is Cn1cc(C2CN(C(=O)Nc3nccs3)Cc3ccccc32)cn1. The smallest absolute Gasteiger partial charge is 0.319 e. The molecule has 1 aliphatic heterocycles. The van der Waals surface area contributed by atoms with Crippen LogP contribution < -0.4 is 5.32 Å². The minimum atomic E-state index is -0.117. The summed E-state index contributed by atoms with van der Waals surface area (Å²) in [5.74, 6) is 0.130. The summed E-state index contributed by atoms with van der Waals surface area (Å²) in [5, 5.41) is 9.63. The molecule has 1 N–H and O–H groups in total. The lowest BCUT2D eigenvalue weighted by atomic mass is 9.86. The van der Waals surface area contributed by atoms with Crippen LogP contribution in [0.1, 0.15) is 22.6 Å². The van der Waals surface area contributed by atoms with Gasteiger partial charge in [0.15, 0.2) is 5.13 Å². The number of hydrogen-bond acceptors (Lipinski definition) is 4. The molecule has 4 rings (SSSR count). The molecule has 1 aliphatic rings. The first-order valence-corrected chi connectivity index (χ1v) is 8.60. The zero-order valence-electron chi connectivity index (χ0n) is 13.2. The lowest BCUT2D eigenvalue weighted by molar-refractivity contribution is 0.203. The molecular formula is C17H17N5OS. The summed E-state index contributed by atoms with van der Waals surface area (Å²) in [5.41, 5.74) is 3.56. The molecule has 0 fully saturated rings. The van der Waals surface area contributed by atoms with Crippen LogP contribution in [0.15, 0.2) is 48.2 Å². The van der Waals surface area contributed by atoms with Gasteiger partial charge in [0.25, 0.3) is 0 Å². The fraction of sp³-hybridized carbons (Fsp3) is 0.235. The third-order valence-electron chi connectivity index (χ3n) is 4.26. The molecule has 3 heterocycles. The van der Waals surface area contributed by atoms with E-state index in [9.17, 15) is 4.79 Å². The van der Waals surface area contributed by atoms with E-state index in [1.54, 1.807) is 10.9 Å². The highest BCUT2D eigenvalue weighted by molar-refractivity contribution is 7.13. The summed E-state index contributed by atoms with van der Waals surface area (Å²) in [7, 11) is 1.91. The van der Waals surface area contributed by atoms with Gasteiger partial charge in [-0.15, -0.1) is 11.3 Å². The predicted molar refractivity (Wildman–Crippen MR) is 93.0 cm³/mol. The minimum Gasteiger partial charge on any atom is -0.319 e. The first-order valence-electron chi connectivity index (χ1n) is 7.72. The molecule has 0 radical (unpaired) electrons. The van der Waals surface area contributed by atoms with Crippen LogP contribution in [0, 0.1) is 0 Å². The standard InChI is InChI=1S/C17H17N5OS/c1-21-9-13(8-19-21)15-11-22(10-12-4-2-3-5-14(12)15)17(23)20-16-18-6-7-24-16/h2-9,15H,10-11H2,1H3,(H,18,20,23). The zero-order chi connectivity index (χ0) is 16.5. The Kier molecular flexibility index (Phi) is 3.78. The van der Waals surface area contributed by atoms with Gasteiger partial charge in [-0.2, -0.15) is 5.10 Å². The van der Waals surface area contributed by atoms with Crippen LogP contribution in [0.5, 0.6) is 0 Å². The highest BCUT2D eigenvalue weighted by Crippen LogP contribution is 2.33. The van der Waals surface area contributed by atoms with Crippen molar-refractivity contribution in [2.24, 2.45) is 7.05 Å². The molecule has 1 aromatic carbocycles. The Hall–Kier alpha value is -2.67. The van der Waals surface area contributed by atoms with Gasteiger partial charge < -0.3 is 4.90 Å². The molecule has 7 heteroatoms. The van der Waals surface area contributed by atoms with Crippen LogP contribution in [-0.2, 0) is 13.6 Å². The fourth-order valence-electron chi connectivity index (χ4n) is 3.12. The highest BCUT2D eigenvalue weighted by Gasteiger charge is 2.30. The normalized spacial score (nSPS) is 16.7. The summed E-state index contributed by atoms with van der Waals surface area (Å²) < 4.78 is 1.80. The number of rotatable bonds is 2. The molecule has 0 aliphatic carbocycles. The molecular weight excluding hydrogens is 322 g/mol. The van der Waals surface area contributed by atoms with Gasteiger partial charge >= 0.3 is 6.03 Å². The number of thiazole rings is 1. The molecule has 0 spiro atoms. The van der Waals surface area contributed by atoms with Crippen molar-refractivity contribution in [3.8, 4) is 0 Å². The second kappa shape index (κ2) is 6.09. The molecule has 2 aromatic heterocycles. The average molecular weight is 339 g/mol. The van der Waals surface area contributed by atoms with Gasteiger partial charge in [0.2, 0.25) is 0 Å². The molecule has 6 nitrogen and oxygen atoms in total. The summed E-state index contributed by atoms with van der Waals surface area (Å²) in [6.07, 6.45) is 5.58. The van der Waals surface area contributed by atoms with Crippen molar-refractivity contribution in [2.45, 2.75) is 12.5 Å². The summed E-state index contributed by atoms with van der Waals surface area (Å²) >= 11 is 1.42. The van der Waals surface area contributed by atoms with Crippen molar-refractivity contribution in [1.82, 2.24) is 19.7 Å². The molecule has 2 amide bonds. The largest absolute Gasteiger partial charge is 0.323 e. The van der Waals surface area contributed by atoms with Gasteiger partial charge in [0.1, 0.15) is 0 Å². The number of fused-ring (bicyclic) bond motifs is 1. The lowest BCUT2D eigenvalue weighted by Gasteiger charge is -2.34. The molecule has 24 heavy (non-hydrogen) atoms. The molecule has 122 valence electrons. The van der Waals surface area contributed by atoms with Crippen molar-refractivity contribution in [2.75, 3.05) is 11.9 Å². The molecule has 0 saturated heterocycles. The van der Waals surface area contributed by atoms with Gasteiger partial charge in [-0.05, 0) is 16.7 Å². The Balaban J connectivity index is 1.63. The van der Waals surface area contributed by atoms with Gasteiger partial charge in [-0.3, -0.25) is 10.00 Å². The third kappa shape index (κ3) is 2.78. The molecule has 1 atom stereocenters. The average Bonchev–Trinajstić information content (AvgIpc) is 3.25. The van der Waals surface area contributed by atoms with Crippen LogP contribution in [0.3, 0.4) is 0 Å². The van der Waals surface area contributed by atoms with E-state index >= 15 is 0 Å². The highest BCUT2D eigenvalue weighted by atomic mass is 32.1. The van der Waals surface area contributed by atoms with Gasteiger partial charge in [-0.25, -0.2) is 9.78 Å². The van der Waals surface area contributed by atoms with E-state index in [-0.39, 0.29) is 11.9 Å². The zero-order valence-corrected chi connectivity index (χ0v) is 14.0. The Morgan fingerprint density at radius 3 is 3.00 bits per heavy atom. The monoisotopic (exact) mass is 339 g/mol. The number of nitrogens with one attached hydrogen (secondary N) is 1. The van der Waals surface area contributed by atoms with Gasteiger partial charge in [-0.1, -0.05) is 24.3 Å². The number of amides is 2. The Bertz CT molecular complexity index is 858. The third-order valence-corrected chi connectivity index (χ3v) is 4.94. The van der Waals surface area contributed by atoms with Gasteiger partial charge in [0.05, 0.1) is 6.20 Å². The molecule has 0 saturated carbocycles. The molecule has 3 aromatic rings. The van der Waals surface area contributed by atoms with Crippen molar-refractivity contribution in [3.63, 3.8) is 0 Å². The predicted octanol–water partition coefficient (Wildman–Crippen LogP) is 3.06. The lowest BCUT2D eigenvalue weighted by Crippen LogP contribution is -2.41. The summed E-state index contributed by atoms with van der Waals surface area (Å²) in [6.45, 7) is 1.23. The number of aromatic nitrogens is 3. The number of nitrogens with zero attached hydrogens (tertiary/aromatic N) is 4. The maximum atomic E-state index is 12.6. The quantitative estimate of drug-likeness (QED) is 0.780. The molecule has 1 unspecified atom stereocenters. The van der Waals surface area contributed by atoms with E-state index in [4.69, 9.17) is 0 Å². The van der Waals surface area contributed by atoms with Crippen LogP contribution >= 0.6 is 11.3 Å². The fourth-order valence-corrected chi connectivity index (χ4v) is 3.64. The maximum Gasteiger partial charge on any atom is 0.323 e. The first kappa shape index (κ1) is 14.9. The van der Waals surface area contributed by atoms with Crippen molar-refractivity contribution in [1.29, 1.82) is 0 Å². The van der Waals surface area contributed by atoms with Crippen LogP contribution in [0.25, 0.3) is 0 Å². The number of carbonyl (C=O) groups excluding carboxylic acids is 1. The number of benzene rings is 1. The minimum absolute atomic E-state index is 0.117. The van der Waals surface area contributed by atoms with Crippen LogP contribution in [-0.4, -0.2) is 32.2 Å². The Labute approximate surface area is 143 Å². The van der Waals surface area contributed by atoms with Crippen molar-refractivity contribution < 1.29 is 4.79 Å². The number of carbonyl (C=O) groups is 1. The van der Waals surface area contributed by atoms with Crippen LogP contribution in [0.2, 0.25) is 0 Å². The van der Waals surface area contributed by atoms with E-state index in [1.807, 2.05) is 41.9 Å². The number of urea groups is 1. The maximum absolute atomic E-state index is 12.6. The second-order valence-electron chi connectivity index (χ2n) is 5.85. The van der Waals surface area contributed by atoms with Crippen molar-refractivity contribution in [3.05, 3.63) is 64.9 Å². The van der Waals surface area contributed by atoms with E-state index < -0.39 is 0 Å². The number of hydrogen-bond donors (Lipinski definition) is 1. The number of aryl methyl sites for hydroxylation is 1. The van der Waals surface area contributed by atoms with Gasteiger partial charge in [0, 0.05) is 43.8 Å². The number of anilines is 1. The van der Waals surface area contributed by atoms with E-state index in [0.717, 1.165) is 5.56 Å². The van der Waals surface area contributed by atoms with Crippen molar-refractivity contribution >= 4 is 22.5 Å². The summed E-state index contributed by atoms with van der Waals surface area (Å²) in [4.78, 5) is 18.6. The second-order valence-corrected chi connectivity index (χ2v) is 6.74. The summed E-state index contributed by atoms with van der Waals surface area (Å²) in [6, 6.07) is 8.17.